The average Bonchev–Trinajstić information content (AvgIpc) is 3.12. The molecule has 2 rings (SSSR count). The molecule has 53 heavy (non-hydrogen) atoms. The Labute approximate surface area is 318 Å². The molecule has 0 radical (unpaired) electrons. The van der Waals surface area contributed by atoms with Crippen LogP contribution in [0.15, 0.2) is 54.6 Å². The van der Waals surface area contributed by atoms with E-state index in [9.17, 15) is 29.1 Å². The van der Waals surface area contributed by atoms with Gasteiger partial charge in [-0.1, -0.05) is 83.5 Å². The van der Waals surface area contributed by atoms with Gasteiger partial charge in [0.2, 0.25) is 11.8 Å². The molecule has 0 saturated heterocycles. The van der Waals surface area contributed by atoms with E-state index < -0.39 is 36.0 Å². The van der Waals surface area contributed by atoms with Crippen molar-refractivity contribution in [1.82, 2.24) is 5.32 Å². The number of carbonyl (C=O) groups is 5. The number of halogens is 1. The van der Waals surface area contributed by atoms with E-state index in [4.69, 9.17) is 36.7 Å². The second-order valence-electron chi connectivity index (χ2n) is 12.5. The number of nitrogens with one attached hydrogen (secondary N) is 2. The molecule has 6 N–H and O–H groups in total. The van der Waals surface area contributed by atoms with Crippen LogP contribution in [0.3, 0.4) is 0 Å². The highest BCUT2D eigenvalue weighted by atomic mass is 35.5. The minimum absolute atomic E-state index is 0.0586. The topological polar surface area (TPSA) is 204 Å². The van der Waals surface area contributed by atoms with Crippen molar-refractivity contribution < 1.29 is 48.4 Å². The Kier molecular flexibility index (Phi) is 24.9. The van der Waals surface area contributed by atoms with Crippen LogP contribution in [-0.2, 0) is 46.5 Å². The van der Waals surface area contributed by atoms with E-state index in [0.717, 1.165) is 17.5 Å². The first-order valence-corrected chi connectivity index (χ1v) is 18.0. The molecule has 2 aromatic carbocycles. The fourth-order valence-electron chi connectivity index (χ4n) is 4.37. The molecular formula is C39H58ClN3O10. The lowest BCUT2D eigenvalue weighted by molar-refractivity contribution is -0.167. The molecule has 296 valence electrons. The molecular weight excluding hydrogens is 706 g/mol. The zero-order chi connectivity index (χ0) is 40.5. The highest BCUT2D eigenvalue weighted by Crippen LogP contribution is 2.27. The number of benzene rings is 2. The van der Waals surface area contributed by atoms with Gasteiger partial charge >= 0.3 is 17.9 Å². The minimum atomic E-state index is -1.15. The van der Waals surface area contributed by atoms with Crippen molar-refractivity contribution in [2.24, 2.45) is 23.5 Å². The van der Waals surface area contributed by atoms with Crippen LogP contribution >= 0.6 is 11.6 Å². The van der Waals surface area contributed by atoms with E-state index in [1.807, 2.05) is 58.9 Å². The fourth-order valence-corrected chi connectivity index (χ4v) is 4.63. The van der Waals surface area contributed by atoms with Crippen molar-refractivity contribution in [3.05, 3.63) is 70.8 Å². The second kappa shape index (κ2) is 27.2. The van der Waals surface area contributed by atoms with Gasteiger partial charge < -0.3 is 40.8 Å². The molecule has 0 aromatic heterocycles. The Morgan fingerprint density at radius 3 is 2.13 bits per heavy atom. The van der Waals surface area contributed by atoms with E-state index in [2.05, 4.69) is 10.6 Å². The summed E-state index contributed by atoms with van der Waals surface area (Å²) in [7, 11) is 1.53. The summed E-state index contributed by atoms with van der Waals surface area (Å²) in [6.07, 6.45) is 3.84. The number of aliphatic hydroxyl groups excluding tert-OH is 1. The number of rotatable bonds is 19. The molecule has 0 spiro atoms. The SMILES string of the molecule is CC.CC(=O)NCC(C)C(=O)OC(CC(C)C)C(=O)O.COc1ccc(NC(=O)/C=C/CCC(C)C(O)Cc2ccc(COC(=O)CN)cc2)cc1Cl. The predicted molar refractivity (Wildman–Crippen MR) is 205 cm³/mol. The summed E-state index contributed by atoms with van der Waals surface area (Å²) in [6, 6.07) is 12.6. The van der Waals surface area contributed by atoms with Gasteiger partial charge in [0.15, 0.2) is 6.10 Å². The van der Waals surface area contributed by atoms with Crippen molar-refractivity contribution >= 4 is 47.0 Å². The highest BCUT2D eigenvalue weighted by molar-refractivity contribution is 6.32. The van der Waals surface area contributed by atoms with E-state index in [-0.39, 0.29) is 49.8 Å². The van der Waals surface area contributed by atoms with Crippen LogP contribution in [0, 0.1) is 17.8 Å². The number of allylic oxidation sites excluding steroid dienone is 1. The molecule has 2 amide bonds. The van der Waals surface area contributed by atoms with Crippen molar-refractivity contribution in [2.45, 2.75) is 93.0 Å². The van der Waals surface area contributed by atoms with Crippen molar-refractivity contribution in [1.29, 1.82) is 0 Å². The maximum absolute atomic E-state index is 12.1. The number of ether oxygens (including phenoxy) is 3. The highest BCUT2D eigenvalue weighted by Gasteiger charge is 2.26. The molecule has 0 aliphatic heterocycles. The lowest BCUT2D eigenvalue weighted by Crippen LogP contribution is -2.35. The number of carboxylic acid groups (broad SMARTS) is 1. The lowest BCUT2D eigenvalue weighted by Gasteiger charge is -2.18. The second-order valence-corrected chi connectivity index (χ2v) is 12.9. The first-order valence-electron chi connectivity index (χ1n) is 17.7. The van der Waals surface area contributed by atoms with E-state index in [0.29, 0.717) is 29.3 Å². The number of anilines is 1. The molecule has 13 nitrogen and oxygen atoms in total. The summed E-state index contributed by atoms with van der Waals surface area (Å²) in [5.74, 6) is -2.55. The summed E-state index contributed by atoms with van der Waals surface area (Å²) in [5, 5.41) is 25.1. The van der Waals surface area contributed by atoms with Crippen LogP contribution in [0.2, 0.25) is 5.02 Å². The van der Waals surface area contributed by atoms with Crippen LogP contribution in [0.4, 0.5) is 5.69 Å². The summed E-state index contributed by atoms with van der Waals surface area (Å²) in [6.45, 7) is 12.8. The number of esters is 2. The number of amides is 2. The standard InChI is InChI=1S/C25H31ClN2O5.C12H21NO5.C2H6/c1-17(22(29)13-18-7-9-19(10-8-18)16-33-25(31)15-27)5-3-4-6-24(30)28-20-11-12-23(32-2)21(26)14-20;1-7(2)5-10(11(15)16)18-12(17)8(3)6-13-9(4)14;1-2/h4,6-12,14,17,22,29H,3,5,13,15-16,27H2,1-2H3,(H,28,30);7-8,10H,5-6H2,1-4H3,(H,13,14)(H,15,16);1-2H3/b6-4+;;. The Balaban J connectivity index is 0.00000115. The summed E-state index contributed by atoms with van der Waals surface area (Å²) >= 11 is 6.06. The summed E-state index contributed by atoms with van der Waals surface area (Å²) in [5.41, 5.74) is 7.66. The van der Waals surface area contributed by atoms with Crippen molar-refractivity contribution in [2.75, 3.05) is 25.5 Å². The Hall–Kier alpha value is -4.46. The molecule has 0 aliphatic carbocycles. The number of hydrogen-bond acceptors (Lipinski definition) is 10. The van der Waals surface area contributed by atoms with E-state index in [1.54, 1.807) is 31.2 Å². The van der Waals surface area contributed by atoms with Crippen molar-refractivity contribution in [3.8, 4) is 5.75 Å². The number of carboxylic acids is 1. The molecule has 0 bridgehead atoms. The molecule has 0 aliphatic rings. The maximum Gasteiger partial charge on any atom is 0.345 e. The molecule has 0 saturated carbocycles. The number of carbonyl (C=O) groups excluding carboxylic acids is 4. The van der Waals surface area contributed by atoms with Gasteiger partial charge in [-0.25, -0.2) is 4.79 Å². The minimum Gasteiger partial charge on any atom is -0.495 e. The summed E-state index contributed by atoms with van der Waals surface area (Å²) in [4.78, 5) is 56.4. The molecule has 4 atom stereocenters. The number of hydrogen-bond donors (Lipinski definition) is 5. The Bertz CT molecular complexity index is 1450. The molecule has 4 unspecified atom stereocenters. The smallest absolute Gasteiger partial charge is 0.345 e. The zero-order valence-corrected chi connectivity index (χ0v) is 32.9. The quantitative estimate of drug-likeness (QED) is 0.0868. The third kappa shape index (κ3) is 21.6. The number of aliphatic hydroxyl groups is 1. The van der Waals surface area contributed by atoms with Crippen LogP contribution in [0.5, 0.6) is 5.75 Å². The van der Waals surface area contributed by atoms with Gasteiger partial charge in [0.25, 0.3) is 0 Å². The van der Waals surface area contributed by atoms with E-state index >= 15 is 0 Å². The van der Waals surface area contributed by atoms with Crippen LogP contribution < -0.4 is 21.1 Å². The third-order valence-corrected chi connectivity index (χ3v) is 7.74. The maximum atomic E-state index is 12.1. The number of nitrogens with two attached hydrogens (primary N) is 1. The first kappa shape index (κ1) is 48.5. The number of methoxy groups -OCH3 is 1. The van der Waals surface area contributed by atoms with Gasteiger partial charge in [0, 0.05) is 19.2 Å². The molecule has 2 aromatic rings. The van der Waals surface area contributed by atoms with Gasteiger partial charge in [-0.3, -0.25) is 19.2 Å². The summed E-state index contributed by atoms with van der Waals surface area (Å²) < 4.78 is 15.0. The van der Waals surface area contributed by atoms with Gasteiger partial charge in [-0.05, 0) is 72.9 Å². The normalized spacial score (nSPS) is 12.8. The largest absolute Gasteiger partial charge is 0.495 e. The molecule has 0 heterocycles. The first-order chi connectivity index (χ1) is 25.1. The van der Waals surface area contributed by atoms with Gasteiger partial charge in [-0.15, -0.1) is 0 Å². The van der Waals surface area contributed by atoms with Crippen molar-refractivity contribution in [3.63, 3.8) is 0 Å². The Morgan fingerprint density at radius 2 is 1.60 bits per heavy atom. The monoisotopic (exact) mass is 763 g/mol. The molecule has 14 heteroatoms. The van der Waals surface area contributed by atoms with E-state index in [1.165, 1.54) is 20.1 Å². The molecule has 0 fully saturated rings. The van der Waals surface area contributed by atoms with Gasteiger partial charge in [0.1, 0.15) is 12.4 Å². The van der Waals surface area contributed by atoms with Crippen LogP contribution in [0.1, 0.15) is 78.9 Å². The van der Waals surface area contributed by atoms with Crippen LogP contribution in [0.25, 0.3) is 0 Å². The average molecular weight is 764 g/mol. The lowest BCUT2D eigenvalue weighted by atomic mass is 9.93. The fraction of sp³-hybridized carbons (Fsp3) is 0.513. The zero-order valence-electron chi connectivity index (χ0n) is 32.1. The third-order valence-electron chi connectivity index (χ3n) is 7.45. The predicted octanol–water partition coefficient (Wildman–Crippen LogP) is 5.69. The van der Waals surface area contributed by atoms with Gasteiger partial charge in [-0.2, -0.15) is 0 Å². The number of aliphatic carboxylic acids is 1. The van der Waals surface area contributed by atoms with Gasteiger partial charge in [0.05, 0.1) is 30.7 Å². The Morgan fingerprint density at radius 1 is 0.981 bits per heavy atom. The van der Waals surface area contributed by atoms with Crippen LogP contribution in [-0.4, -0.2) is 72.3 Å².